The maximum Gasteiger partial charge on any atom is 0.184 e. The number of rotatable bonds is 3. The molecule has 0 heterocycles. The van der Waals surface area contributed by atoms with Crippen molar-refractivity contribution in [3.05, 3.63) is 24.3 Å². The zero-order valence-corrected chi connectivity index (χ0v) is 7.82. The molecule has 3 heteroatoms. The highest BCUT2D eigenvalue weighted by molar-refractivity contribution is 5.52. The van der Waals surface area contributed by atoms with E-state index >= 15 is 0 Å². The molecule has 0 amide bonds. The molecule has 0 N–H and O–H groups in total. The Kier molecular flexibility index (Phi) is 3.15. The molecule has 0 unspecified atom stereocenters. The second-order valence-electron chi connectivity index (χ2n) is 2.54. The quantitative estimate of drug-likeness (QED) is 0.522. The first kappa shape index (κ1) is 9.40. The van der Waals surface area contributed by atoms with Crippen LogP contribution in [0, 0.1) is 11.5 Å². The maximum absolute atomic E-state index is 8.75. The molecule has 0 radical (unpaired) electrons. The molecular weight excluding hydrogens is 164 g/mol. The zero-order valence-electron chi connectivity index (χ0n) is 7.82. The summed E-state index contributed by atoms with van der Waals surface area (Å²) in [5.41, 5.74) is 0.894. The molecule has 0 spiro atoms. The van der Waals surface area contributed by atoms with Crippen LogP contribution in [-0.4, -0.2) is 13.7 Å². The highest BCUT2D eigenvalue weighted by atomic mass is 16.5. The molecular formula is C10H12N2O. The highest BCUT2D eigenvalue weighted by Crippen LogP contribution is 2.18. The van der Waals surface area contributed by atoms with Crippen LogP contribution in [-0.2, 0) is 0 Å². The van der Waals surface area contributed by atoms with Gasteiger partial charge in [-0.3, -0.25) is 4.90 Å². The van der Waals surface area contributed by atoms with Crippen LogP contribution in [0.3, 0.4) is 0 Å². The molecule has 0 fully saturated rings. The van der Waals surface area contributed by atoms with E-state index in [2.05, 4.69) is 6.19 Å². The number of anilines is 1. The molecule has 0 saturated carbocycles. The number of methoxy groups -OCH3 is 1. The van der Waals surface area contributed by atoms with E-state index in [1.54, 1.807) is 12.0 Å². The molecule has 1 aromatic rings. The monoisotopic (exact) mass is 176 g/mol. The van der Waals surface area contributed by atoms with Gasteiger partial charge in [-0.25, -0.2) is 0 Å². The van der Waals surface area contributed by atoms with Crippen LogP contribution < -0.4 is 9.64 Å². The van der Waals surface area contributed by atoms with Crippen LogP contribution in [0.15, 0.2) is 24.3 Å². The van der Waals surface area contributed by atoms with Crippen LogP contribution in [0.25, 0.3) is 0 Å². The summed E-state index contributed by atoms with van der Waals surface area (Å²) < 4.78 is 5.01. The van der Waals surface area contributed by atoms with Crippen LogP contribution >= 0.6 is 0 Å². The number of benzene rings is 1. The minimum Gasteiger partial charge on any atom is -0.497 e. The summed E-state index contributed by atoms with van der Waals surface area (Å²) in [7, 11) is 1.62. The number of hydrogen-bond acceptors (Lipinski definition) is 3. The fourth-order valence-electron chi connectivity index (χ4n) is 1.07. The lowest BCUT2D eigenvalue weighted by Gasteiger charge is -2.12. The second kappa shape index (κ2) is 4.36. The molecule has 0 aliphatic carbocycles. The normalized spacial score (nSPS) is 9.00. The highest BCUT2D eigenvalue weighted by Gasteiger charge is 2.01. The smallest absolute Gasteiger partial charge is 0.184 e. The van der Waals surface area contributed by atoms with E-state index in [4.69, 9.17) is 10.00 Å². The first-order valence-electron chi connectivity index (χ1n) is 4.13. The Morgan fingerprint density at radius 1 is 1.38 bits per heavy atom. The molecule has 0 aromatic heterocycles. The Bertz CT molecular complexity index is 300. The first-order chi connectivity index (χ1) is 6.31. The summed E-state index contributed by atoms with van der Waals surface area (Å²) in [5.74, 6) is 0.803. The summed E-state index contributed by atoms with van der Waals surface area (Å²) in [6, 6.07) is 7.42. The van der Waals surface area contributed by atoms with Gasteiger partial charge in [0.15, 0.2) is 6.19 Å². The Morgan fingerprint density at radius 3 is 2.38 bits per heavy atom. The molecule has 13 heavy (non-hydrogen) atoms. The third-order valence-corrected chi connectivity index (χ3v) is 1.82. The average molecular weight is 176 g/mol. The molecule has 0 aliphatic rings. The molecule has 1 aromatic carbocycles. The summed E-state index contributed by atoms with van der Waals surface area (Å²) in [4.78, 5) is 1.61. The Labute approximate surface area is 78.2 Å². The van der Waals surface area contributed by atoms with Gasteiger partial charge in [-0.15, -0.1) is 0 Å². The van der Waals surface area contributed by atoms with Crippen LogP contribution in [0.4, 0.5) is 5.69 Å². The lowest BCUT2D eigenvalue weighted by molar-refractivity contribution is 0.415. The third kappa shape index (κ3) is 2.12. The SMILES string of the molecule is CCN(C#N)c1ccc(OC)cc1. The van der Waals surface area contributed by atoms with Crippen molar-refractivity contribution in [3.63, 3.8) is 0 Å². The lowest BCUT2D eigenvalue weighted by atomic mass is 10.3. The maximum atomic E-state index is 8.75. The van der Waals surface area contributed by atoms with Crippen LogP contribution in [0.1, 0.15) is 6.92 Å². The van der Waals surface area contributed by atoms with E-state index in [0.29, 0.717) is 6.54 Å². The number of hydrogen-bond donors (Lipinski definition) is 0. The van der Waals surface area contributed by atoms with Crippen molar-refractivity contribution >= 4 is 5.69 Å². The second-order valence-corrected chi connectivity index (χ2v) is 2.54. The van der Waals surface area contributed by atoms with Gasteiger partial charge >= 0.3 is 0 Å². The summed E-state index contributed by atoms with van der Waals surface area (Å²) >= 11 is 0. The van der Waals surface area contributed by atoms with Crippen molar-refractivity contribution in [1.82, 2.24) is 0 Å². The van der Waals surface area contributed by atoms with Crippen LogP contribution in [0.5, 0.6) is 5.75 Å². The molecule has 0 atom stereocenters. The van der Waals surface area contributed by atoms with Crippen molar-refractivity contribution in [2.75, 3.05) is 18.6 Å². The van der Waals surface area contributed by atoms with Gasteiger partial charge < -0.3 is 4.74 Å². The standard InChI is InChI=1S/C10H12N2O/c1-3-12(8-11)9-4-6-10(13-2)7-5-9/h4-7H,3H2,1-2H3. The fourth-order valence-corrected chi connectivity index (χ4v) is 1.07. The van der Waals surface area contributed by atoms with E-state index in [-0.39, 0.29) is 0 Å². The van der Waals surface area contributed by atoms with Gasteiger partial charge in [0.25, 0.3) is 0 Å². The summed E-state index contributed by atoms with van der Waals surface area (Å²) in [6.45, 7) is 2.62. The van der Waals surface area contributed by atoms with E-state index in [1.165, 1.54) is 0 Å². The Morgan fingerprint density at radius 2 is 2.00 bits per heavy atom. The molecule has 0 bridgehead atoms. The van der Waals surface area contributed by atoms with Gasteiger partial charge in [-0.05, 0) is 31.2 Å². The van der Waals surface area contributed by atoms with Crippen molar-refractivity contribution in [1.29, 1.82) is 5.26 Å². The molecule has 3 nitrogen and oxygen atoms in total. The van der Waals surface area contributed by atoms with E-state index in [0.717, 1.165) is 11.4 Å². The van der Waals surface area contributed by atoms with E-state index in [9.17, 15) is 0 Å². The van der Waals surface area contributed by atoms with Gasteiger partial charge in [0, 0.05) is 6.54 Å². The summed E-state index contributed by atoms with van der Waals surface area (Å²) in [6.07, 6.45) is 2.10. The van der Waals surface area contributed by atoms with Crippen molar-refractivity contribution in [3.8, 4) is 11.9 Å². The Hall–Kier alpha value is -1.69. The first-order valence-corrected chi connectivity index (χ1v) is 4.13. The number of nitrogens with zero attached hydrogens (tertiary/aromatic N) is 2. The topological polar surface area (TPSA) is 36.3 Å². The predicted molar refractivity (Wildman–Crippen MR) is 51.6 cm³/mol. The van der Waals surface area contributed by atoms with Gasteiger partial charge in [0.05, 0.1) is 12.8 Å². The van der Waals surface area contributed by atoms with Gasteiger partial charge in [-0.1, -0.05) is 0 Å². The minimum absolute atomic E-state index is 0.683. The van der Waals surface area contributed by atoms with Gasteiger partial charge in [0.2, 0.25) is 0 Å². The van der Waals surface area contributed by atoms with Crippen LogP contribution in [0.2, 0.25) is 0 Å². The molecule has 0 saturated heterocycles. The fraction of sp³-hybridized carbons (Fsp3) is 0.300. The van der Waals surface area contributed by atoms with Gasteiger partial charge in [0.1, 0.15) is 5.75 Å². The number of nitriles is 1. The number of ether oxygens (including phenoxy) is 1. The van der Waals surface area contributed by atoms with E-state index in [1.807, 2.05) is 31.2 Å². The summed E-state index contributed by atoms with van der Waals surface area (Å²) in [5, 5.41) is 8.75. The average Bonchev–Trinajstić information content (AvgIpc) is 2.21. The van der Waals surface area contributed by atoms with Crippen molar-refractivity contribution in [2.24, 2.45) is 0 Å². The third-order valence-electron chi connectivity index (χ3n) is 1.82. The zero-order chi connectivity index (χ0) is 9.68. The van der Waals surface area contributed by atoms with Crippen molar-refractivity contribution in [2.45, 2.75) is 6.92 Å². The Balaban J connectivity index is 2.86. The minimum atomic E-state index is 0.683. The van der Waals surface area contributed by atoms with Crippen molar-refractivity contribution < 1.29 is 4.74 Å². The molecule has 1 rings (SSSR count). The van der Waals surface area contributed by atoms with E-state index < -0.39 is 0 Å². The lowest BCUT2D eigenvalue weighted by Crippen LogP contribution is -2.14. The largest absolute Gasteiger partial charge is 0.497 e. The van der Waals surface area contributed by atoms with Gasteiger partial charge in [-0.2, -0.15) is 5.26 Å². The molecule has 68 valence electrons. The predicted octanol–water partition coefficient (Wildman–Crippen LogP) is 2.00. The molecule has 0 aliphatic heterocycles.